The highest BCUT2D eigenvalue weighted by molar-refractivity contribution is 8.13. The minimum absolute atomic E-state index is 0.608. The highest BCUT2D eigenvalue weighted by Crippen LogP contribution is 2.15. The van der Waals surface area contributed by atoms with Gasteiger partial charge in [-0.2, -0.15) is 0 Å². The van der Waals surface area contributed by atoms with E-state index in [1.165, 1.54) is 25.0 Å². The van der Waals surface area contributed by atoms with E-state index in [0.29, 0.717) is 6.04 Å². The van der Waals surface area contributed by atoms with Gasteiger partial charge in [-0.15, -0.1) is 0 Å². The molecule has 14 heavy (non-hydrogen) atoms. The van der Waals surface area contributed by atoms with Crippen LogP contribution in [0.2, 0.25) is 0 Å². The number of amidine groups is 1. The van der Waals surface area contributed by atoms with Crippen molar-refractivity contribution in [3.8, 4) is 0 Å². The van der Waals surface area contributed by atoms with Crippen molar-refractivity contribution in [1.29, 1.82) is 0 Å². The van der Waals surface area contributed by atoms with E-state index in [9.17, 15) is 0 Å². The van der Waals surface area contributed by atoms with E-state index in [-0.39, 0.29) is 0 Å². The number of hydrogen-bond acceptors (Lipinski definition) is 2. The molecule has 1 aliphatic heterocycles. The maximum atomic E-state index is 4.64. The van der Waals surface area contributed by atoms with Gasteiger partial charge in [-0.1, -0.05) is 38.5 Å². The summed E-state index contributed by atoms with van der Waals surface area (Å²) in [4.78, 5) is 4.64. The lowest BCUT2D eigenvalue weighted by Gasteiger charge is -2.22. The maximum absolute atomic E-state index is 4.64. The molecule has 1 saturated heterocycles. The predicted molar refractivity (Wildman–Crippen MR) is 66.0 cm³/mol. The third-order valence-corrected chi connectivity index (χ3v) is 3.77. The smallest absolute Gasteiger partial charge is 0.156 e. The molecule has 1 aliphatic rings. The van der Waals surface area contributed by atoms with Crippen LogP contribution >= 0.6 is 11.8 Å². The molecule has 2 nitrogen and oxygen atoms in total. The zero-order chi connectivity index (χ0) is 10.4. The topological polar surface area (TPSA) is 24.4 Å². The van der Waals surface area contributed by atoms with Gasteiger partial charge in [0.25, 0.3) is 0 Å². The Balaban J connectivity index is 2.35. The van der Waals surface area contributed by atoms with Crippen LogP contribution in [0.15, 0.2) is 4.99 Å². The summed E-state index contributed by atoms with van der Waals surface area (Å²) in [5.74, 6) is 1.98. The zero-order valence-corrected chi connectivity index (χ0v) is 10.4. The molecule has 0 aliphatic carbocycles. The lowest BCUT2D eigenvalue weighted by Crippen LogP contribution is -2.35. The standard InChI is InChI=1S/C11H22N2S/c1-4-10(5-2)8-12-11-13-9(3)6-7-14-11/h9-10H,4-8H2,1-3H3,(H,12,13). The van der Waals surface area contributed by atoms with Crippen molar-refractivity contribution >= 4 is 16.9 Å². The van der Waals surface area contributed by atoms with Crippen molar-refractivity contribution in [3.63, 3.8) is 0 Å². The number of aliphatic imine (C=N–C) groups is 1. The quantitative estimate of drug-likeness (QED) is 0.778. The molecule has 0 spiro atoms. The Morgan fingerprint density at radius 1 is 1.50 bits per heavy atom. The van der Waals surface area contributed by atoms with Crippen molar-refractivity contribution in [1.82, 2.24) is 5.32 Å². The largest absolute Gasteiger partial charge is 0.362 e. The first kappa shape index (κ1) is 11.9. The second-order valence-corrected chi connectivity index (χ2v) is 5.09. The minimum Gasteiger partial charge on any atom is -0.362 e. The Morgan fingerprint density at radius 3 is 2.79 bits per heavy atom. The van der Waals surface area contributed by atoms with Gasteiger partial charge in [0.1, 0.15) is 0 Å². The summed E-state index contributed by atoms with van der Waals surface area (Å²) in [5.41, 5.74) is 0. The molecule has 1 heterocycles. The average Bonchev–Trinajstić information content (AvgIpc) is 2.19. The SMILES string of the molecule is CCC(CC)CN=C1NC(C)CCS1. The van der Waals surface area contributed by atoms with Crippen LogP contribution in [0.4, 0.5) is 0 Å². The molecule has 0 bridgehead atoms. The third-order valence-electron chi connectivity index (χ3n) is 2.81. The molecule has 0 aromatic carbocycles. The third kappa shape index (κ3) is 3.91. The van der Waals surface area contributed by atoms with Gasteiger partial charge in [-0.25, -0.2) is 0 Å². The van der Waals surface area contributed by atoms with Crippen LogP contribution < -0.4 is 5.32 Å². The lowest BCUT2D eigenvalue weighted by atomic mass is 10.0. The van der Waals surface area contributed by atoms with Crippen molar-refractivity contribution in [2.75, 3.05) is 12.3 Å². The number of rotatable bonds is 4. The molecule has 1 fully saturated rings. The fourth-order valence-electron chi connectivity index (χ4n) is 1.51. The van der Waals surface area contributed by atoms with E-state index in [1.54, 1.807) is 0 Å². The average molecular weight is 214 g/mol. The molecule has 0 saturated carbocycles. The summed E-state index contributed by atoms with van der Waals surface area (Å²) in [6.45, 7) is 7.72. The van der Waals surface area contributed by atoms with Gasteiger partial charge in [-0.05, 0) is 19.3 Å². The molecule has 0 aromatic rings. The van der Waals surface area contributed by atoms with E-state index >= 15 is 0 Å². The Bertz CT molecular complexity index is 188. The summed E-state index contributed by atoms with van der Waals surface area (Å²) >= 11 is 1.87. The van der Waals surface area contributed by atoms with Crippen molar-refractivity contribution in [3.05, 3.63) is 0 Å². The van der Waals surface area contributed by atoms with Gasteiger partial charge >= 0.3 is 0 Å². The van der Waals surface area contributed by atoms with Crippen molar-refractivity contribution < 1.29 is 0 Å². The fraction of sp³-hybridized carbons (Fsp3) is 0.909. The molecule has 0 aromatic heterocycles. The predicted octanol–water partition coefficient (Wildman–Crippen LogP) is 2.89. The van der Waals surface area contributed by atoms with Gasteiger partial charge in [-0.3, -0.25) is 4.99 Å². The molecular formula is C11H22N2S. The molecule has 0 amide bonds. The summed E-state index contributed by atoms with van der Waals surface area (Å²) in [6, 6.07) is 0.608. The van der Waals surface area contributed by atoms with Crippen LogP contribution in [-0.4, -0.2) is 23.5 Å². The van der Waals surface area contributed by atoms with Gasteiger partial charge in [0.2, 0.25) is 0 Å². The van der Waals surface area contributed by atoms with Gasteiger partial charge in [0, 0.05) is 18.3 Å². The van der Waals surface area contributed by atoms with Gasteiger partial charge in [0.15, 0.2) is 5.17 Å². The molecule has 1 rings (SSSR count). The Morgan fingerprint density at radius 2 is 2.21 bits per heavy atom. The molecule has 1 N–H and O–H groups in total. The molecule has 82 valence electrons. The van der Waals surface area contributed by atoms with Crippen LogP contribution in [0.3, 0.4) is 0 Å². The molecular weight excluding hydrogens is 192 g/mol. The second-order valence-electron chi connectivity index (χ2n) is 4.01. The highest BCUT2D eigenvalue weighted by Gasteiger charge is 2.13. The normalized spacial score (nSPS) is 25.4. The van der Waals surface area contributed by atoms with E-state index in [1.807, 2.05) is 11.8 Å². The highest BCUT2D eigenvalue weighted by atomic mass is 32.2. The first-order valence-electron chi connectivity index (χ1n) is 5.70. The lowest BCUT2D eigenvalue weighted by molar-refractivity contribution is 0.504. The van der Waals surface area contributed by atoms with Crippen LogP contribution in [0.25, 0.3) is 0 Å². The van der Waals surface area contributed by atoms with Crippen LogP contribution in [0.1, 0.15) is 40.0 Å². The van der Waals surface area contributed by atoms with E-state index in [0.717, 1.165) is 17.6 Å². The van der Waals surface area contributed by atoms with Crippen LogP contribution in [0, 0.1) is 5.92 Å². The maximum Gasteiger partial charge on any atom is 0.156 e. The Kier molecular flexibility index (Phi) is 5.38. The van der Waals surface area contributed by atoms with Gasteiger partial charge < -0.3 is 5.32 Å². The number of nitrogens with one attached hydrogen (secondary N) is 1. The Labute approximate surface area is 92.0 Å². The monoisotopic (exact) mass is 214 g/mol. The summed E-state index contributed by atoms with van der Waals surface area (Å²) in [5, 5.41) is 4.60. The van der Waals surface area contributed by atoms with E-state index < -0.39 is 0 Å². The number of thioether (sulfide) groups is 1. The zero-order valence-electron chi connectivity index (χ0n) is 9.55. The van der Waals surface area contributed by atoms with Crippen LogP contribution in [0.5, 0.6) is 0 Å². The Hall–Kier alpha value is -0.180. The molecule has 3 heteroatoms. The number of nitrogens with zero attached hydrogens (tertiary/aromatic N) is 1. The first-order chi connectivity index (χ1) is 6.76. The summed E-state index contributed by atoms with van der Waals surface area (Å²) < 4.78 is 0. The van der Waals surface area contributed by atoms with E-state index in [2.05, 4.69) is 31.1 Å². The van der Waals surface area contributed by atoms with Crippen molar-refractivity contribution in [2.24, 2.45) is 10.9 Å². The summed E-state index contributed by atoms with van der Waals surface area (Å²) in [6.07, 6.45) is 3.75. The van der Waals surface area contributed by atoms with Crippen molar-refractivity contribution in [2.45, 2.75) is 46.1 Å². The van der Waals surface area contributed by atoms with E-state index in [4.69, 9.17) is 0 Å². The minimum atomic E-state index is 0.608. The number of hydrogen-bond donors (Lipinski definition) is 1. The summed E-state index contributed by atoms with van der Waals surface area (Å²) in [7, 11) is 0. The molecule has 1 atom stereocenters. The first-order valence-corrected chi connectivity index (χ1v) is 6.68. The fourth-order valence-corrected chi connectivity index (χ4v) is 2.62. The van der Waals surface area contributed by atoms with Gasteiger partial charge in [0.05, 0.1) is 0 Å². The second kappa shape index (κ2) is 6.33. The molecule has 1 unspecified atom stereocenters. The molecule has 0 radical (unpaired) electrons. The van der Waals surface area contributed by atoms with Crippen LogP contribution in [-0.2, 0) is 0 Å².